The molecule has 1 saturated carbocycles. The van der Waals surface area contributed by atoms with Crippen molar-refractivity contribution < 1.29 is 13.5 Å². The van der Waals surface area contributed by atoms with Gasteiger partial charge in [0, 0.05) is 26.1 Å². The molecular formula is C12H16Br2N2O3S. The van der Waals surface area contributed by atoms with Crippen molar-refractivity contribution in [2.45, 2.75) is 37.3 Å². The van der Waals surface area contributed by atoms with E-state index in [1.807, 2.05) is 13.8 Å². The van der Waals surface area contributed by atoms with Crippen molar-refractivity contribution in [3.8, 4) is 0 Å². The van der Waals surface area contributed by atoms with E-state index in [1.165, 1.54) is 0 Å². The zero-order valence-electron chi connectivity index (χ0n) is 11.0. The number of aliphatic hydroxyl groups is 1. The molecule has 0 bridgehead atoms. The Morgan fingerprint density at radius 1 is 1.35 bits per heavy atom. The van der Waals surface area contributed by atoms with Crippen molar-refractivity contribution >= 4 is 47.6 Å². The minimum Gasteiger partial charge on any atom is -0.399 e. The molecule has 0 aliphatic heterocycles. The molecule has 1 aliphatic carbocycles. The Kier molecular flexibility index (Phi) is 4.25. The van der Waals surface area contributed by atoms with Gasteiger partial charge in [-0.2, -0.15) is 0 Å². The molecule has 5 nitrogen and oxygen atoms in total. The van der Waals surface area contributed by atoms with Crippen LogP contribution in [-0.2, 0) is 10.0 Å². The van der Waals surface area contributed by atoms with Gasteiger partial charge in [0.25, 0.3) is 0 Å². The number of benzene rings is 1. The van der Waals surface area contributed by atoms with Crippen LogP contribution in [0.5, 0.6) is 0 Å². The van der Waals surface area contributed by atoms with Gasteiger partial charge in [-0.1, -0.05) is 13.8 Å². The van der Waals surface area contributed by atoms with Crippen LogP contribution in [-0.4, -0.2) is 25.7 Å². The lowest BCUT2D eigenvalue weighted by Crippen LogP contribution is -2.61. The van der Waals surface area contributed by atoms with E-state index in [0.717, 1.165) is 0 Å². The molecule has 8 heteroatoms. The van der Waals surface area contributed by atoms with Gasteiger partial charge in [0.15, 0.2) is 0 Å². The van der Waals surface area contributed by atoms with Gasteiger partial charge >= 0.3 is 0 Å². The monoisotopic (exact) mass is 426 g/mol. The van der Waals surface area contributed by atoms with E-state index in [-0.39, 0.29) is 10.9 Å². The summed E-state index contributed by atoms with van der Waals surface area (Å²) >= 11 is 6.45. The number of anilines is 1. The Hall–Kier alpha value is -0.150. The van der Waals surface area contributed by atoms with Crippen molar-refractivity contribution in [1.82, 2.24) is 4.72 Å². The summed E-state index contributed by atoms with van der Waals surface area (Å²) in [7, 11) is -3.70. The minimum absolute atomic E-state index is 0.115. The molecule has 2 rings (SSSR count). The highest BCUT2D eigenvalue weighted by Gasteiger charge is 2.49. The Labute approximate surface area is 135 Å². The third kappa shape index (κ3) is 2.76. The van der Waals surface area contributed by atoms with Gasteiger partial charge in [-0.3, -0.25) is 0 Å². The average molecular weight is 428 g/mol. The SMILES string of the molecule is CC1(C)C(O)CC1NS(=O)(=O)c1c(Br)cc(N)cc1Br. The summed E-state index contributed by atoms with van der Waals surface area (Å²) in [6, 6.07) is 2.79. The maximum atomic E-state index is 12.5. The molecule has 20 heavy (non-hydrogen) atoms. The van der Waals surface area contributed by atoms with E-state index >= 15 is 0 Å². The fourth-order valence-electron chi connectivity index (χ4n) is 2.18. The zero-order chi connectivity index (χ0) is 15.3. The van der Waals surface area contributed by atoms with Crippen molar-refractivity contribution in [1.29, 1.82) is 0 Å². The third-order valence-electron chi connectivity index (χ3n) is 3.80. The number of halogens is 2. The molecule has 1 aromatic carbocycles. The molecule has 1 fully saturated rings. The van der Waals surface area contributed by atoms with E-state index in [0.29, 0.717) is 21.1 Å². The molecule has 4 N–H and O–H groups in total. The van der Waals surface area contributed by atoms with Crippen LogP contribution in [0.1, 0.15) is 20.3 Å². The van der Waals surface area contributed by atoms with E-state index in [9.17, 15) is 13.5 Å². The van der Waals surface area contributed by atoms with Crippen LogP contribution in [0.4, 0.5) is 5.69 Å². The van der Waals surface area contributed by atoms with Crippen molar-refractivity contribution in [3.63, 3.8) is 0 Å². The number of hydrogen-bond acceptors (Lipinski definition) is 4. The third-order valence-corrected chi connectivity index (χ3v) is 7.15. The molecule has 2 atom stereocenters. The molecule has 0 aromatic heterocycles. The Morgan fingerprint density at radius 3 is 2.25 bits per heavy atom. The van der Waals surface area contributed by atoms with Gasteiger partial charge < -0.3 is 10.8 Å². The molecule has 0 radical (unpaired) electrons. The summed E-state index contributed by atoms with van der Waals surface area (Å²) in [5.74, 6) is 0. The molecule has 0 amide bonds. The summed E-state index contributed by atoms with van der Waals surface area (Å²) in [6.45, 7) is 3.67. The minimum atomic E-state index is -3.70. The van der Waals surface area contributed by atoms with Crippen LogP contribution in [0.25, 0.3) is 0 Å². The fraction of sp³-hybridized carbons (Fsp3) is 0.500. The van der Waals surface area contributed by atoms with Gasteiger partial charge in [0.05, 0.1) is 6.10 Å². The maximum Gasteiger partial charge on any atom is 0.243 e. The predicted molar refractivity (Wildman–Crippen MR) is 84.8 cm³/mol. The highest BCUT2D eigenvalue weighted by molar-refractivity contribution is 9.11. The lowest BCUT2D eigenvalue weighted by molar-refractivity contribution is -0.0645. The second kappa shape index (κ2) is 5.24. The van der Waals surface area contributed by atoms with E-state index in [2.05, 4.69) is 36.6 Å². The Morgan fingerprint density at radius 2 is 1.85 bits per heavy atom. The first kappa shape index (κ1) is 16.2. The summed E-state index contributed by atoms with van der Waals surface area (Å²) in [4.78, 5) is 0.115. The first-order valence-electron chi connectivity index (χ1n) is 6.00. The van der Waals surface area contributed by atoms with Gasteiger partial charge in [0.1, 0.15) is 4.90 Å². The van der Waals surface area contributed by atoms with E-state index in [1.54, 1.807) is 12.1 Å². The summed E-state index contributed by atoms with van der Waals surface area (Å²) in [5, 5.41) is 9.69. The smallest absolute Gasteiger partial charge is 0.243 e. The standard InChI is InChI=1S/C12H16Br2N2O3S/c1-12(2)9(5-10(12)17)16-20(18,19)11-7(13)3-6(15)4-8(11)14/h3-4,9-10,16-17H,5,15H2,1-2H3. The quantitative estimate of drug-likeness (QED) is 0.645. The summed E-state index contributed by atoms with van der Waals surface area (Å²) < 4.78 is 28.4. The number of nitrogens with one attached hydrogen (secondary N) is 1. The zero-order valence-corrected chi connectivity index (χ0v) is 15.0. The van der Waals surface area contributed by atoms with Gasteiger partial charge in [-0.25, -0.2) is 13.1 Å². The number of hydrogen-bond donors (Lipinski definition) is 3. The van der Waals surface area contributed by atoms with Gasteiger partial charge in [-0.15, -0.1) is 0 Å². The Bertz CT molecular complexity index is 623. The first-order chi connectivity index (χ1) is 9.05. The van der Waals surface area contributed by atoms with Gasteiger partial charge in [0.2, 0.25) is 10.0 Å². The van der Waals surface area contributed by atoms with Crippen molar-refractivity contribution in [3.05, 3.63) is 21.1 Å². The van der Waals surface area contributed by atoms with Gasteiger partial charge in [-0.05, 0) is 50.4 Å². The summed E-state index contributed by atoms with van der Waals surface area (Å²) in [6.07, 6.45) is -0.0790. The van der Waals surface area contributed by atoms with Crippen LogP contribution in [0, 0.1) is 5.41 Å². The molecule has 1 aliphatic rings. The number of sulfonamides is 1. The molecule has 2 unspecified atom stereocenters. The highest BCUT2D eigenvalue weighted by Crippen LogP contribution is 2.42. The largest absolute Gasteiger partial charge is 0.399 e. The van der Waals surface area contributed by atoms with Crippen LogP contribution < -0.4 is 10.5 Å². The molecule has 112 valence electrons. The molecule has 1 aromatic rings. The van der Waals surface area contributed by atoms with Crippen LogP contribution >= 0.6 is 31.9 Å². The second-order valence-corrected chi connectivity index (χ2v) is 8.92. The molecule has 0 spiro atoms. The van der Waals surface area contributed by atoms with E-state index in [4.69, 9.17) is 5.73 Å². The number of nitrogen functional groups attached to an aromatic ring is 1. The number of aliphatic hydroxyl groups excluding tert-OH is 1. The maximum absolute atomic E-state index is 12.5. The van der Waals surface area contributed by atoms with Crippen LogP contribution in [0.15, 0.2) is 26.0 Å². The topological polar surface area (TPSA) is 92.4 Å². The highest BCUT2D eigenvalue weighted by atomic mass is 79.9. The number of nitrogens with two attached hydrogens (primary N) is 1. The normalized spacial score (nSPS) is 25.2. The predicted octanol–water partition coefficient (Wildman–Crippen LogP) is 2.23. The summed E-state index contributed by atoms with van der Waals surface area (Å²) in [5.41, 5.74) is 5.65. The molecule has 0 heterocycles. The van der Waals surface area contributed by atoms with Crippen molar-refractivity contribution in [2.75, 3.05) is 5.73 Å². The number of rotatable bonds is 3. The fourth-order valence-corrected chi connectivity index (χ4v) is 6.21. The molecular weight excluding hydrogens is 412 g/mol. The molecule has 0 saturated heterocycles. The second-order valence-electron chi connectivity index (χ2n) is 5.56. The van der Waals surface area contributed by atoms with Crippen molar-refractivity contribution in [2.24, 2.45) is 5.41 Å². The Balaban J connectivity index is 2.33. The lowest BCUT2D eigenvalue weighted by atomic mass is 9.65. The lowest BCUT2D eigenvalue weighted by Gasteiger charge is -2.49. The average Bonchev–Trinajstić information content (AvgIpc) is 2.26. The first-order valence-corrected chi connectivity index (χ1v) is 9.07. The van der Waals surface area contributed by atoms with E-state index < -0.39 is 21.5 Å². The van der Waals surface area contributed by atoms with Crippen LogP contribution in [0.3, 0.4) is 0 Å². The van der Waals surface area contributed by atoms with Crippen LogP contribution in [0.2, 0.25) is 0 Å².